The number of aromatic nitrogens is 6. The first-order valence-electron chi connectivity index (χ1n) is 20.8. The van der Waals surface area contributed by atoms with E-state index >= 15 is 0 Å². The minimum atomic E-state index is -1.39. The Labute approximate surface area is 360 Å². The zero-order valence-corrected chi connectivity index (χ0v) is 37.8. The van der Waals surface area contributed by atoms with E-state index in [2.05, 4.69) is 61.2 Å². The molecule has 18 nitrogen and oxygen atoms in total. The SMILES string of the molecule is CNCC(=O)N[C@H](C(=O)N1C[C@@H](NC(=O)c2cnc(N3CCN(CCOc4cc5ncnc(Nc6n[nH]c(C)c6C)c5cc4S(=O)C(C)(C)C)CC3)nc2)C[C@H]1C)C(C)(C)C. The highest BCUT2D eigenvalue weighted by molar-refractivity contribution is 7.86. The number of likely N-dealkylation sites (N-methyl/N-ethyl adjacent to an activating group) is 1. The van der Waals surface area contributed by atoms with Gasteiger partial charge in [-0.05, 0) is 66.5 Å². The number of ether oxygens (including phenoxy) is 1. The van der Waals surface area contributed by atoms with Crippen LogP contribution in [0.1, 0.15) is 76.5 Å². The number of nitrogens with one attached hydrogen (secondary N) is 5. The first kappa shape index (κ1) is 45.3. The number of aryl methyl sites for hydroxylation is 1. The summed E-state index contributed by atoms with van der Waals surface area (Å²) in [6.07, 6.45) is 5.16. The lowest BCUT2D eigenvalue weighted by Crippen LogP contribution is -2.56. The minimum absolute atomic E-state index is 0.114. The Bertz CT molecular complexity index is 2230. The van der Waals surface area contributed by atoms with Crippen LogP contribution in [0.3, 0.4) is 0 Å². The van der Waals surface area contributed by atoms with Gasteiger partial charge < -0.3 is 35.8 Å². The molecular formula is C42H61N13O5S. The van der Waals surface area contributed by atoms with Crippen LogP contribution in [0.4, 0.5) is 17.6 Å². The van der Waals surface area contributed by atoms with Crippen molar-refractivity contribution in [1.29, 1.82) is 0 Å². The van der Waals surface area contributed by atoms with Gasteiger partial charge in [0.2, 0.25) is 17.8 Å². The Morgan fingerprint density at radius 3 is 2.31 bits per heavy atom. The second-order valence-corrected chi connectivity index (χ2v) is 20.2. The fraction of sp³-hybridized carbons (Fsp3) is 0.571. The standard InChI is InChI=1S/C42H61N13O5S/c1-25-17-29(23-55(25)39(58)35(41(4,5)6)49-34(56)22-43-10)48-38(57)28-20-44-40(45-21-28)54-13-11-53(12-14-54)15-16-60-32-19-31-30(18-33(32)61(59)42(7,8)9)37(47-24-46-31)50-36-26(2)27(3)51-52-36/h18-21,24-25,29,35,43H,11-17,22-23H2,1-10H3,(H,48,57)(H,49,56)(H2,46,47,50,51,52)/t25-,29+,35-,61?/m1/s1. The molecule has 0 spiro atoms. The Balaban J connectivity index is 1.01. The number of rotatable bonds is 14. The average molecular weight is 860 g/mol. The van der Waals surface area contributed by atoms with Gasteiger partial charge in [-0.15, -0.1) is 0 Å². The summed E-state index contributed by atoms with van der Waals surface area (Å²) >= 11 is 0. The van der Waals surface area contributed by atoms with Crippen LogP contribution in [0, 0.1) is 19.3 Å². The zero-order chi connectivity index (χ0) is 44.2. The highest BCUT2D eigenvalue weighted by atomic mass is 32.2. The Kier molecular flexibility index (Phi) is 13.9. The molecule has 0 bridgehead atoms. The number of nitrogens with zero attached hydrogens (tertiary/aromatic N) is 8. The minimum Gasteiger partial charge on any atom is -0.491 e. The molecule has 5 N–H and O–H groups in total. The predicted octanol–water partition coefficient (Wildman–Crippen LogP) is 3.08. The van der Waals surface area contributed by atoms with Crippen LogP contribution in [-0.4, -0.2) is 144 Å². The molecule has 2 fully saturated rings. The molecule has 0 aliphatic carbocycles. The number of hydrogen-bond acceptors (Lipinski definition) is 14. The van der Waals surface area contributed by atoms with Crippen molar-refractivity contribution in [1.82, 2.24) is 55.9 Å². The van der Waals surface area contributed by atoms with E-state index in [4.69, 9.17) is 4.74 Å². The first-order valence-corrected chi connectivity index (χ1v) is 22.0. The van der Waals surface area contributed by atoms with Crippen molar-refractivity contribution in [2.24, 2.45) is 5.41 Å². The number of carbonyl (C=O) groups excluding carboxylic acids is 3. The molecule has 6 rings (SSSR count). The number of aromatic amines is 1. The molecule has 19 heteroatoms. The number of amides is 3. The molecule has 61 heavy (non-hydrogen) atoms. The van der Waals surface area contributed by atoms with Gasteiger partial charge in [-0.25, -0.2) is 19.9 Å². The highest BCUT2D eigenvalue weighted by Crippen LogP contribution is 2.35. The van der Waals surface area contributed by atoms with Gasteiger partial charge in [-0.2, -0.15) is 5.10 Å². The van der Waals surface area contributed by atoms with Crippen molar-refractivity contribution >= 4 is 57.0 Å². The summed E-state index contributed by atoms with van der Waals surface area (Å²) in [7, 11) is 0.290. The van der Waals surface area contributed by atoms with Crippen molar-refractivity contribution in [3.63, 3.8) is 0 Å². The number of piperazine rings is 1. The van der Waals surface area contributed by atoms with Crippen LogP contribution in [0.5, 0.6) is 5.75 Å². The van der Waals surface area contributed by atoms with Crippen LogP contribution in [0.2, 0.25) is 0 Å². The summed E-state index contributed by atoms with van der Waals surface area (Å²) in [4.78, 5) is 64.1. The van der Waals surface area contributed by atoms with E-state index in [9.17, 15) is 18.6 Å². The summed E-state index contributed by atoms with van der Waals surface area (Å²) in [5.74, 6) is 1.60. The van der Waals surface area contributed by atoms with Crippen LogP contribution in [-0.2, 0) is 20.4 Å². The molecule has 3 amide bonds. The number of fused-ring (bicyclic) bond motifs is 1. The normalized spacial score (nSPS) is 18.5. The third kappa shape index (κ3) is 10.8. The number of hydrogen-bond donors (Lipinski definition) is 5. The molecule has 1 aromatic carbocycles. The maximum absolute atomic E-state index is 13.8. The van der Waals surface area contributed by atoms with Crippen molar-refractivity contribution in [2.45, 2.75) is 96.5 Å². The number of anilines is 3. The monoisotopic (exact) mass is 859 g/mol. The molecule has 0 saturated carbocycles. The Morgan fingerprint density at radius 1 is 0.984 bits per heavy atom. The van der Waals surface area contributed by atoms with Gasteiger partial charge in [0.15, 0.2) is 5.82 Å². The van der Waals surface area contributed by atoms with Crippen LogP contribution in [0.15, 0.2) is 35.7 Å². The third-order valence-corrected chi connectivity index (χ3v) is 12.9. The van der Waals surface area contributed by atoms with Crippen LogP contribution in [0.25, 0.3) is 10.9 Å². The number of H-pyrrole nitrogens is 1. The lowest BCUT2D eigenvalue weighted by Gasteiger charge is -2.35. The van der Waals surface area contributed by atoms with E-state index in [1.54, 1.807) is 11.9 Å². The van der Waals surface area contributed by atoms with E-state index in [-0.39, 0.29) is 36.3 Å². The number of benzene rings is 1. The third-order valence-electron chi connectivity index (χ3n) is 11.1. The second-order valence-electron chi connectivity index (χ2n) is 18.0. The predicted molar refractivity (Wildman–Crippen MR) is 236 cm³/mol. The van der Waals surface area contributed by atoms with Crippen LogP contribution < -0.4 is 30.9 Å². The molecule has 0 radical (unpaired) electrons. The highest BCUT2D eigenvalue weighted by Gasteiger charge is 2.41. The van der Waals surface area contributed by atoms with Crippen molar-refractivity contribution in [3.8, 4) is 5.75 Å². The molecule has 2 aliphatic rings. The van der Waals surface area contributed by atoms with E-state index in [0.717, 1.165) is 29.7 Å². The number of likely N-dealkylation sites (tertiary alicyclic amines) is 1. The summed E-state index contributed by atoms with van der Waals surface area (Å²) in [5.41, 5.74) is 2.44. The lowest BCUT2D eigenvalue weighted by molar-refractivity contribution is -0.139. The summed E-state index contributed by atoms with van der Waals surface area (Å²) < 4.78 is 19.7. The second kappa shape index (κ2) is 18.8. The maximum atomic E-state index is 13.8. The summed E-state index contributed by atoms with van der Waals surface area (Å²) in [6.45, 7) is 21.9. The van der Waals surface area contributed by atoms with Gasteiger partial charge in [0.1, 0.15) is 30.5 Å². The van der Waals surface area contributed by atoms with Gasteiger partial charge >= 0.3 is 0 Å². The maximum Gasteiger partial charge on any atom is 0.254 e. The molecule has 4 aromatic rings. The Morgan fingerprint density at radius 2 is 1.69 bits per heavy atom. The van der Waals surface area contributed by atoms with E-state index < -0.39 is 27.0 Å². The molecular weight excluding hydrogens is 799 g/mol. The van der Waals surface area contributed by atoms with E-state index in [1.807, 2.05) is 74.4 Å². The van der Waals surface area contributed by atoms with Crippen molar-refractivity contribution < 1.29 is 23.3 Å². The molecule has 330 valence electrons. The van der Waals surface area contributed by atoms with Gasteiger partial charge in [0.05, 0.1) is 33.3 Å². The van der Waals surface area contributed by atoms with Crippen molar-refractivity contribution in [2.75, 3.05) is 69.7 Å². The lowest BCUT2D eigenvalue weighted by atomic mass is 9.85. The van der Waals surface area contributed by atoms with Gasteiger partial charge in [-0.3, -0.25) is 28.6 Å². The summed E-state index contributed by atoms with van der Waals surface area (Å²) in [5, 5.41) is 20.1. The molecule has 1 unspecified atom stereocenters. The molecule has 5 heterocycles. The zero-order valence-electron chi connectivity index (χ0n) is 37.0. The van der Waals surface area contributed by atoms with Crippen LogP contribution >= 0.6 is 0 Å². The van der Waals surface area contributed by atoms with E-state index in [0.29, 0.717) is 78.5 Å². The quantitative estimate of drug-likeness (QED) is 0.123. The fourth-order valence-corrected chi connectivity index (χ4v) is 8.61. The molecule has 2 aliphatic heterocycles. The van der Waals surface area contributed by atoms with Gasteiger partial charge in [0.25, 0.3) is 5.91 Å². The van der Waals surface area contributed by atoms with Gasteiger partial charge in [-0.1, -0.05) is 20.8 Å². The molecule has 3 aromatic heterocycles. The first-order chi connectivity index (χ1) is 28.8. The molecule has 4 atom stereocenters. The van der Waals surface area contributed by atoms with E-state index in [1.165, 1.54) is 18.7 Å². The average Bonchev–Trinajstić information content (AvgIpc) is 3.74. The van der Waals surface area contributed by atoms with Crippen molar-refractivity contribution in [3.05, 3.63) is 47.7 Å². The largest absolute Gasteiger partial charge is 0.491 e. The fourth-order valence-electron chi connectivity index (χ4n) is 7.43. The topological polar surface area (TPSA) is 216 Å². The molecule has 2 saturated heterocycles. The summed E-state index contributed by atoms with van der Waals surface area (Å²) in [6, 6.07) is 2.63. The Hall–Kier alpha value is -5.27. The van der Waals surface area contributed by atoms with Gasteiger partial charge in [0, 0.05) is 91.2 Å². The smallest absolute Gasteiger partial charge is 0.254 e. The number of carbonyl (C=O) groups is 3.